The molecular weight excluding hydrogens is 346 g/mol. The number of H-pyrrole nitrogens is 1. The van der Waals surface area contributed by atoms with Gasteiger partial charge in [-0.05, 0) is 31.5 Å². The van der Waals surface area contributed by atoms with Gasteiger partial charge < -0.3 is 16.2 Å². The zero-order valence-electron chi connectivity index (χ0n) is 15.1. The number of anilines is 1. The maximum Gasteiger partial charge on any atom is 0.252 e. The first kappa shape index (κ1) is 19.1. The number of aliphatic hydroxyl groups is 1. The molecule has 1 atom stereocenters. The van der Waals surface area contributed by atoms with Gasteiger partial charge in [-0.3, -0.25) is 19.5 Å². The molecule has 0 bridgehead atoms. The van der Waals surface area contributed by atoms with Crippen LogP contribution in [-0.2, 0) is 0 Å². The average molecular weight is 371 g/mol. The van der Waals surface area contributed by atoms with E-state index in [0.717, 1.165) is 25.8 Å². The molecule has 1 aliphatic rings. The van der Waals surface area contributed by atoms with E-state index in [1.807, 2.05) is 0 Å². The van der Waals surface area contributed by atoms with E-state index in [2.05, 4.69) is 20.2 Å². The van der Waals surface area contributed by atoms with Crippen molar-refractivity contribution >= 4 is 11.9 Å². The summed E-state index contributed by atoms with van der Waals surface area (Å²) in [7, 11) is 0. The number of amides is 1. The highest BCUT2D eigenvalue weighted by Crippen LogP contribution is 2.18. The minimum Gasteiger partial charge on any atom is -0.395 e. The molecule has 1 fully saturated rings. The summed E-state index contributed by atoms with van der Waals surface area (Å²) in [5, 5.41) is 12.4. The summed E-state index contributed by atoms with van der Waals surface area (Å²) in [4.78, 5) is 32.8. The molecule has 0 saturated carbocycles. The molecule has 1 aromatic carbocycles. The summed E-state index contributed by atoms with van der Waals surface area (Å²) >= 11 is 0. The predicted molar refractivity (Wildman–Crippen MR) is 103 cm³/mol. The van der Waals surface area contributed by atoms with Crippen molar-refractivity contribution in [3.63, 3.8) is 0 Å². The summed E-state index contributed by atoms with van der Waals surface area (Å²) < 4.78 is 0. The number of rotatable bonds is 6. The highest BCUT2D eigenvalue weighted by molar-refractivity contribution is 5.95. The second-order valence-corrected chi connectivity index (χ2v) is 6.72. The minimum absolute atomic E-state index is 0.0346. The van der Waals surface area contributed by atoms with Crippen LogP contribution in [0.1, 0.15) is 29.6 Å². The number of nitrogen functional groups attached to an aromatic ring is 1. The number of aliphatic hydroxyl groups excluding tert-OH is 1. The van der Waals surface area contributed by atoms with Gasteiger partial charge in [-0.15, -0.1) is 0 Å². The van der Waals surface area contributed by atoms with Crippen LogP contribution in [0.4, 0.5) is 5.95 Å². The molecule has 2 aromatic rings. The Labute approximate surface area is 157 Å². The zero-order valence-corrected chi connectivity index (χ0v) is 15.1. The van der Waals surface area contributed by atoms with Crippen molar-refractivity contribution in [2.45, 2.75) is 25.3 Å². The number of aromatic amines is 1. The Balaban J connectivity index is 1.62. The Morgan fingerprint density at radius 1 is 1.37 bits per heavy atom. The maximum atomic E-state index is 12.5. The standard InChI is InChI=1S/C19H25N5O3/c20-19-22-16(11-17(26)23-19)13-4-3-5-14(10-13)18(27)21-7-9-24-8-2-1-6-15(24)12-25/h3-5,10-11,15,25H,1-2,6-9,12H2,(H,21,27)(H3,20,22,23,26)/t15-/m1/s1. The third kappa shape index (κ3) is 4.93. The Morgan fingerprint density at radius 3 is 3.00 bits per heavy atom. The van der Waals surface area contributed by atoms with Crippen LogP contribution in [0.15, 0.2) is 35.1 Å². The lowest BCUT2D eigenvalue weighted by Crippen LogP contribution is -2.45. The molecule has 0 unspecified atom stereocenters. The second-order valence-electron chi connectivity index (χ2n) is 6.72. The molecule has 5 N–H and O–H groups in total. The molecule has 2 heterocycles. The van der Waals surface area contributed by atoms with Crippen LogP contribution >= 0.6 is 0 Å². The van der Waals surface area contributed by atoms with Gasteiger partial charge in [-0.1, -0.05) is 18.6 Å². The van der Waals surface area contributed by atoms with Crippen LogP contribution in [-0.4, -0.2) is 58.2 Å². The van der Waals surface area contributed by atoms with Crippen molar-refractivity contribution in [1.82, 2.24) is 20.2 Å². The fourth-order valence-corrected chi connectivity index (χ4v) is 3.42. The minimum atomic E-state index is -0.340. The number of carbonyl (C=O) groups is 1. The van der Waals surface area contributed by atoms with Crippen LogP contribution in [0.3, 0.4) is 0 Å². The van der Waals surface area contributed by atoms with Crippen molar-refractivity contribution in [2.75, 3.05) is 32.0 Å². The molecule has 3 rings (SSSR count). The lowest BCUT2D eigenvalue weighted by molar-refractivity contribution is 0.0849. The van der Waals surface area contributed by atoms with E-state index < -0.39 is 0 Å². The molecular formula is C19H25N5O3. The van der Waals surface area contributed by atoms with Crippen LogP contribution in [0.2, 0.25) is 0 Å². The second kappa shape index (κ2) is 8.79. The first-order valence-corrected chi connectivity index (χ1v) is 9.17. The molecule has 144 valence electrons. The summed E-state index contributed by atoms with van der Waals surface area (Å²) in [6.45, 7) is 2.33. The van der Waals surface area contributed by atoms with E-state index in [1.54, 1.807) is 24.3 Å². The molecule has 1 saturated heterocycles. The van der Waals surface area contributed by atoms with Crippen molar-refractivity contribution < 1.29 is 9.90 Å². The van der Waals surface area contributed by atoms with E-state index in [9.17, 15) is 14.7 Å². The largest absolute Gasteiger partial charge is 0.395 e. The van der Waals surface area contributed by atoms with Crippen molar-refractivity contribution in [3.8, 4) is 11.3 Å². The number of hydrogen-bond donors (Lipinski definition) is 4. The SMILES string of the molecule is Nc1nc(-c2cccc(C(=O)NCCN3CCCC[C@@H]3CO)c2)cc(=O)[nH]1. The van der Waals surface area contributed by atoms with E-state index in [-0.39, 0.29) is 30.1 Å². The lowest BCUT2D eigenvalue weighted by Gasteiger charge is -2.34. The maximum absolute atomic E-state index is 12.5. The highest BCUT2D eigenvalue weighted by atomic mass is 16.3. The smallest absolute Gasteiger partial charge is 0.252 e. The van der Waals surface area contributed by atoms with E-state index in [1.165, 1.54) is 6.07 Å². The molecule has 8 nitrogen and oxygen atoms in total. The molecule has 1 aliphatic heterocycles. The molecule has 1 aromatic heterocycles. The van der Waals surface area contributed by atoms with Gasteiger partial charge >= 0.3 is 0 Å². The summed E-state index contributed by atoms with van der Waals surface area (Å²) in [5.74, 6) is -0.153. The summed E-state index contributed by atoms with van der Waals surface area (Å²) in [5.41, 5.74) is 6.81. The molecule has 27 heavy (non-hydrogen) atoms. The Morgan fingerprint density at radius 2 is 2.22 bits per heavy atom. The number of nitrogens with two attached hydrogens (primary N) is 1. The number of piperidine rings is 1. The number of likely N-dealkylation sites (tertiary alicyclic amines) is 1. The number of aromatic nitrogens is 2. The third-order valence-corrected chi connectivity index (χ3v) is 4.82. The van der Waals surface area contributed by atoms with Gasteiger partial charge in [0, 0.05) is 36.3 Å². The van der Waals surface area contributed by atoms with E-state index in [0.29, 0.717) is 29.9 Å². The normalized spacial score (nSPS) is 17.6. The highest BCUT2D eigenvalue weighted by Gasteiger charge is 2.21. The number of nitrogens with one attached hydrogen (secondary N) is 2. The van der Waals surface area contributed by atoms with Crippen LogP contribution in [0, 0.1) is 0 Å². The Kier molecular flexibility index (Phi) is 6.20. The Hall–Kier alpha value is -2.71. The van der Waals surface area contributed by atoms with Crippen molar-refractivity contribution in [3.05, 3.63) is 46.2 Å². The molecule has 0 aliphatic carbocycles. The molecule has 8 heteroatoms. The van der Waals surface area contributed by atoms with Gasteiger partial charge in [-0.2, -0.15) is 0 Å². The first-order valence-electron chi connectivity index (χ1n) is 9.17. The third-order valence-electron chi connectivity index (χ3n) is 4.82. The van der Waals surface area contributed by atoms with E-state index >= 15 is 0 Å². The first-order chi connectivity index (χ1) is 13.1. The van der Waals surface area contributed by atoms with Crippen LogP contribution in [0.25, 0.3) is 11.3 Å². The van der Waals surface area contributed by atoms with Gasteiger partial charge in [-0.25, -0.2) is 4.98 Å². The van der Waals surface area contributed by atoms with Gasteiger partial charge in [0.05, 0.1) is 12.3 Å². The summed E-state index contributed by atoms with van der Waals surface area (Å²) in [6.07, 6.45) is 3.26. The Bertz CT molecular complexity index is 851. The number of nitrogens with zero attached hydrogens (tertiary/aromatic N) is 2. The summed E-state index contributed by atoms with van der Waals surface area (Å²) in [6, 6.07) is 8.46. The van der Waals surface area contributed by atoms with Crippen LogP contribution in [0.5, 0.6) is 0 Å². The number of hydrogen-bond acceptors (Lipinski definition) is 6. The number of carbonyl (C=O) groups excluding carboxylic acids is 1. The molecule has 0 spiro atoms. The zero-order chi connectivity index (χ0) is 19.2. The fraction of sp³-hybridized carbons (Fsp3) is 0.421. The lowest BCUT2D eigenvalue weighted by atomic mass is 10.0. The topological polar surface area (TPSA) is 124 Å². The molecule has 0 radical (unpaired) electrons. The van der Waals surface area contributed by atoms with Crippen molar-refractivity contribution in [2.24, 2.45) is 0 Å². The van der Waals surface area contributed by atoms with Gasteiger partial charge in [0.2, 0.25) is 5.95 Å². The predicted octanol–water partition coefficient (Wildman–Crippen LogP) is 0.596. The van der Waals surface area contributed by atoms with Gasteiger partial charge in [0.1, 0.15) is 0 Å². The van der Waals surface area contributed by atoms with Gasteiger partial charge in [0.15, 0.2) is 0 Å². The fourth-order valence-electron chi connectivity index (χ4n) is 3.42. The molecule has 1 amide bonds. The van der Waals surface area contributed by atoms with Crippen LogP contribution < -0.4 is 16.6 Å². The average Bonchev–Trinajstić information content (AvgIpc) is 2.67. The van der Waals surface area contributed by atoms with Gasteiger partial charge in [0.25, 0.3) is 11.5 Å². The quantitative estimate of drug-likeness (QED) is 0.589. The van der Waals surface area contributed by atoms with Crippen molar-refractivity contribution in [1.29, 1.82) is 0 Å². The monoisotopic (exact) mass is 371 g/mol. The van der Waals surface area contributed by atoms with E-state index in [4.69, 9.17) is 5.73 Å². The number of benzene rings is 1.